The quantitative estimate of drug-likeness (QED) is 0.319. The Hall–Kier alpha value is -1.65. The molecule has 0 fully saturated rings. The fourth-order valence-electron chi connectivity index (χ4n) is 1.94. The molecule has 0 radical (unpaired) electrons. The topological polar surface area (TPSA) is 89.0 Å². The first-order valence-electron chi connectivity index (χ1n) is 8.22. The Kier molecular flexibility index (Phi) is 10.3. The minimum atomic E-state index is -3.05. The SMILES string of the molecule is CCNC(=NCc1cc(Cl)ccc1OC(F)F)NCCOCCS(C)(=O)=O. The van der Waals surface area contributed by atoms with Crippen LogP contribution in [0.15, 0.2) is 23.2 Å². The largest absolute Gasteiger partial charge is 0.434 e. The average Bonchev–Trinajstić information content (AvgIpc) is 2.56. The number of rotatable bonds is 11. The van der Waals surface area contributed by atoms with Gasteiger partial charge in [-0.2, -0.15) is 8.78 Å². The molecule has 0 unspecified atom stereocenters. The van der Waals surface area contributed by atoms with Crippen molar-refractivity contribution in [1.29, 1.82) is 0 Å². The molecule has 27 heavy (non-hydrogen) atoms. The maximum absolute atomic E-state index is 12.5. The van der Waals surface area contributed by atoms with E-state index in [4.69, 9.17) is 16.3 Å². The minimum Gasteiger partial charge on any atom is -0.434 e. The molecule has 1 aromatic carbocycles. The third-order valence-electron chi connectivity index (χ3n) is 3.13. The number of aliphatic imine (C=N–C) groups is 1. The summed E-state index contributed by atoms with van der Waals surface area (Å²) in [6.07, 6.45) is 1.15. The summed E-state index contributed by atoms with van der Waals surface area (Å²) in [7, 11) is -3.05. The van der Waals surface area contributed by atoms with Crippen LogP contribution >= 0.6 is 11.6 Å². The Bertz CT molecular complexity index is 718. The van der Waals surface area contributed by atoms with Gasteiger partial charge < -0.3 is 20.1 Å². The highest BCUT2D eigenvalue weighted by atomic mass is 35.5. The summed E-state index contributed by atoms with van der Waals surface area (Å²) in [5.41, 5.74) is 0.421. The van der Waals surface area contributed by atoms with Crippen molar-refractivity contribution in [1.82, 2.24) is 10.6 Å². The van der Waals surface area contributed by atoms with Gasteiger partial charge in [0.15, 0.2) is 5.96 Å². The lowest BCUT2D eigenvalue weighted by Crippen LogP contribution is -2.39. The van der Waals surface area contributed by atoms with Crippen molar-refractivity contribution in [2.24, 2.45) is 4.99 Å². The maximum atomic E-state index is 12.5. The van der Waals surface area contributed by atoms with Crippen LogP contribution in [0.1, 0.15) is 12.5 Å². The molecule has 0 bridgehead atoms. The number of hydrogen-bond acceptors (Lipinski definition) is 5. The number of nitrogens with zero attached hydrogens (tertiary/aromatic N) is 1. The zero-order chi connectivity index (χ0) is 20.3. The number of guanidine groups is 1. The second-order valence-corrected chi connectivity index (χ2v) is 8.19. The molecule has 7 nitrogen and oxygen atoms in total. The van der Waals surface area contributed by atoms with E-state index in [1.54, 1.807) is 0 Å². The van der Waals surface area contributed by atoms with Crippen molar-refractivity contribution in [3.8, 4) is 5.75 Å². The highest BCUT2D eigenvalue weighted by Gasteiger charge is 2.10. The number of ether oxygens (including phenoxy) is 2. The molecule has 11 heteroatoms. The van der Waals surface area contributed by atoms with Crippen molar-refractivity contribution in [2.45, 2.75) is 20.1 Å². The van der Waals surface area contributed by atoms with Crippen molar-refractivity contribution in [3.63, 3.8) is 0 Å². The summed E-state index contributed by atoms with van der Waals surface area (Å²) in [4.78, 5) is 4.31. The lowest BCUT2D eigenvalue weighted by Gasteiger charge is -2.13. The fraction of sp³-hybridized carbons (Fsp3) is 0.562. The summed E-state index contributed by atoms with van der Waals surface area (Å²) in [6.45, 7) is 0.408. The van der Waals surface area contributed by atoms with Crippen molar-refractivity contribution in [2.75, 3.05) is 38.3 Å². The van der Waals surface area contributed by atoms with Crippen LogP contribution in [0.25, 0.3) is 0 Å². The van der Waals surface area contributed by atoms with E-state index in [0.29, 0.717) is 29.6 Å². The fourth-order valence-corrected chi connectivity index (χ4v) is 2.56. The molecule has 0 aliphatic heterocycles. The van der Waals surface area contributed by atoms with Gasteiger partial charge in [-0.05, 0) is 25.1 Å². The predicted octanol–water partition coefficient (Wildman–Crippen LogP) is 2.06. The first-order valence-corrected chi connectivity index (χ1v) is 10.7. The van der Waals surface area contributed by atoms with E-state index < -0.39 is 16.4 Å². The van der Waals surface area contributed by atoms with Crippen LogP contribution in [-0.4, -0.2) is 59.3 Å². The number of benzene rings is 1. The second-order valence-electron chi connectivity index (χ2n) is 5.49. The van der Waals surface area contributed by atoms with E-state index in [1.807, 2.05) is 6.92 Å². The standard InChI is InChI=1S/C16H24ClF2N3O4S/c1-3-20-16(21-6-7-25-8-9-27(2,23)24)22-11-12-10-13(17)4-5-14(12)26-15(18)19/h4-5,10,15H,3,6-9,11H2,1-2H3,(H2,20,21,22). The van der Waals surface area contributed by atoms with Gasteiger partial charge in [0.25, 0.3) is 0 Å². The van der Waals surface area contributed by atoms with Crippen LogP contribution in [0, 0.1) is 0 Å². The maximum Gasteiger partial charge on any atom is 0.387 e. The van der Waals surface area contributed by atoms with Gasteiger partial charge in [-0.3, -0.25) is 0 Å². The molecule has 0 saturated carbocycles. The van der Waals surface area contributed by atoms with Crippen LogP contribution in [-0.2, 0) is 21.1 Å². The van der Waals surface area contributed by atoms with Crippen LogP contribution < -0.4 is 15.4 Å². The first-order chi connectivity index (χ1) is 12.7. The Morgan fingerprint density at radius 3 is 2.67 bits per heavy atom. The van der Waals surface area contributed by atoms with Gasteiger partial charge in [-0.15, -0.1) is 0 Å². The highest BCUT2D eigenvalue weighted by molar-refractivity contribution is 7.90. The number of halogens is 3. The van der Waals surface area contributed by atoms with Gasteiger partial charge in [0.05, 0.1) is 25.5 Å². The van der Waals surface area contributed by atoms with Gasteiger partial charge in [0, 0.05) is 29.9 Å². The molecule has 0 aromatic heterocycles. The van der Waals surface area contributed by atoms with E-state index >= 15 is 0 Å². The summed E-state index contributed by atoms with van der Waals surface area (Å²) in [5, 5.41) is 6.40. The average molecular weight is 428 g/mol. The zero-order valence-electron chi connectivity index (χ0n) is 15.2. The molecule has 0 amide bonds. The van der Waals surface area contributed by atoms with Gasteiger partial charge >= 0.3 is 6.61 Å². The van der Waals surface area contributed by atoms with Crippen LogP contribution in [0.5, 0.6) is 5.75 Å². The Balaban J connectivity index is 2.59. The van der Waals surface area contributed by atoms with Crippen molar-refractivity contribution < 1.29 is 26.7 Å². The highest BCUT2D eigenvalue weighted by Crippen LogP contribution is 2.25. The number of sulfone groups is 1. The van der Waals surface area contributed by atoms with Crippen molar-refractivity contribution in [3.05, 3.63) is 28.8 Å². The molecule has 154 valence electrons. The third kappa shape index (κ3) is 10.9. The molecule has 1 rings (SSSR count). The van der Waals surface area contributed by atoms with Crippen LogP contribution in [0.2, 0.25) is 5.02 Å². The third-order valence-corrected chi connectivity index (χ3v) is 4.27. The van der Waals surface area contributed by atoms with Gasteiger partial charge in [-0.1, -0.05) is 11.6 Å². The molecule has 2 N–H and O–H groups in total. The molecule has 1 aromatic rings. The summed E-state index contributed by atoms with van der Waals surface area (Å²) in [6, 6.07) is 4.35. The molecule has 0 aliphatic rings. The first kappa shape index (κ1) is 23.4. The molecule has 0 atom stereocenters. The molecular formula is C16H24ClF2N3O4S. The van der Waals surface area contributed by atoms with Crippen LogP contribution in [0.3, 0.4) is 0 Å². The van der Waals surface area contributed by atoms with E-state index in [2.05, 4.69) is 20.4 Å². The molecule has 0 heterocycles. The predicted molar refractivity (Wildman–Crippen MR) is 101 cm³/mol. The van der Waals surface area contributed by atoms with Crippen molar-refractivity contribution >= 4 is 27.4 Å². The molecule has 0 saturated heterocycles. The molecular weight excluding hydrogens is 404 g/mol. The summed E-state index contributed by atoms with van der Waals surface area (Å²) in [5.74, 6) is 0.424. The van der Waals surface area contributed by atoms with Gasteiger partial charge in [-0.25, -0.2) is 13.4 Å². The lowest BCUT2D eigenvalue weighted by atomic mass is 10.2. The smallest absolute Gasteiger partial charge is 0.387 e. The lowest BCUT2D eigenvalue weighted by molar-refractivity contribution is -0.0504. The Morgan fingerprint density at radius 1 is 1.30 bits per heavy atom. The van der Waals surface area contributed by atoms with E-state index in [0.717, 1.165) is 6.26 Å². The number of nitrogens with one attached hydrogen (secondary N) is 2. The molecule has 0 aliphatic carbocycles. The second kappa shape index (κ2) is 11.9. The Morgan fingerprint density at radius 2 is 2.04 bits per heavy atom. The molecule has 0 spiro atoms. The van der Waals surface area contributed by atoms with E-state index in [-0.39, 0.29) is 31.3 Å². The normalized spacial score (nSPS) is 12.3. The van der Waals surface area contributed by atoms with Crippen LogP contribution in [0.4, 0.5) is 8.78 Å². The van der Waals surface area contributed by atoms with Gasteiger partial charge in [0.2, 0.25) is 0 Å². The Labute approximate surface area is 163 Å². The monoisotopic (exact) mass is 427 g/mol. The van der Waals surface area contributed by atoms with E-state index in [1.165, 1.54) is 18.2 Å². The number of alkyl halides is 2. The van der Waals surface area contributed by atoms with E-state index in [9.17, 15) is 17.2 Å². The van der Waals surface area contributed by atoms with Gasteiger partial charge in [0.1, 0.15) is 15.6 Å². The summed E-state index contributed by atoms with van der Waals surface area (Å²) < 4.78 is 56.7. The summed E-state index contributed by atoms with van der Waals surface area (Å²) >= 11 is 5.91. The number of hydrogen-bond donors (Lipinski definition) is 2. The zero-order valence-corrected chi connectivity index (χ0v) is 16.7. The minimum absolute atomic E-state index is 0.0121.